The molecule has 1 aromatic rings. The second-order valence-corrected chi connectivity index (χ2v) is 5.32. The average Bonchev–Trinajstić information content (AvgIpc) is 2.25. The van der Waals surface area contributed by atoms with Crippen LogP contribution in [0.15, 0.2) is 22.7 Å². The lowest BCUT2D eigenvalue weighted by Crippen LogP contribution is -2.31. The largest absolute Gasteiger partial charge is 0.369 e. The van der Waals surface area contributed by atoms with Crippen molar-refractivity contribution in [2.24, 2.45) is 0 Å². The van der Waals surface area contributed by atoms with Crippen molar-refractivity contribution in [1.29, 1.82) is 0 Å². The molecular formula is C13H19BrClN. The zero-order chi connectivity index (χ0) is 12.1. The fraction of sp³-hybridized carbons (Fsp3) is 0.538. The fourth-order valence-electron chi connectivity index (χ4n) is 1.75. The third-order valence-electron chi connectivity index (χ3n) is 2.60. The first-order valence-electron chi connectivity index (χ1n) is 5.71. The first-order valence-corrected chi connectivity index (χ1v) is 7.04. The third-order valence-corrected chi connectivity index (χ3v) is 3.63. The molecule has 0 saturated carbocycles. The molecule has 16 heavy (non-hydrogen) atoms. The van der Waals surface area contributed by atoms with Gasteiger partial charge in [-0.3, -0.25) is 0 Å². The maximum Gasteiger partial charge on any atom is 0.0485 e. The van der Waals surface area contributed by atoms with Gasteiger partial charge >= 0.3 is 0 Å². The van der Waals surface area contributed by atoms with Crippen molar-refractivity contribution in [3.05, 3.63) is 28.2 Å². The van der Waals surface area contributed by atoms with E-state index >= 15 is 0 Å². The quantitative estimate of drug-likeness (QED) is 0.705. The molecule has 0 bridgehead atoms. The molecule has 3 heteroatoms. The minimum atomic E-state index is 0.522. The minimum absolute atomic E-state index is 0.522. The van der Waals surface area contributed by atoms with Crippen LogP contribution in [0.4, 0.5) is 5.69 Å². The van der Waals surface area contributed by atoms with Crippen LogP contribution in [0.1, 0.15) is 32.8 Å². The summed E-state index contributed by atoms with van der Waals surface area (Å²) in [6.07, 6.45) is 1.16. The maximum absolute atomic E-state index is 5.84. The van der Waals surface area contributed by atoms with Crippen molar-refractivity contribution in [3.63, 3.8) is 0 Å². The molecule has 0 saturated heterocycles. The van der Waals surface area contributed by atoms with Gasteiger partial charge in [0.1, 0.15) is 0 Å². The lowest BCUT2D eigenvalue weighted by Gasteiger charge is -2.29. The summed E-state index contributed by atoms with van der Waals surface area (Å²) in [4.78, 5) is 2.41. The van der Waals surface area contributed by atoms with Crippen LogP contribution in [-0.2, 0) is 5.88 Å². The van der Waals surface area contributed by atoms with E-state index in [0.29, 0.717) is 11.9 Å². The molecule has 1 nitrogen and oxygen atoms in total. The van der Waals surface area contributed by atoms with Gasteiger partial charge in [0.05, 0.1) is 0 Å². The predicted octanol–water partition coefficient (Wildman–Crippen LogP) is 4.81. The number of alkyl halides is 1. The van der Waals surface area contributed by atoms with Gasteiger partial charge in [-0.1, -0.05) is 28.9 Å². The number of rotatable bonds is 5. The average molecular weight is 305 g/mol. The molecule has 0 aromatic heterocycles. The first-order chi connectivity index (χ1) is 7.60. The summed E-state index contributed by atoms with van der Waals surface area (Å²) in [7, 11) is 0. The Morgan fingerprint density at radius 2 is 2.06 bits per heavy atom. The van der Waals surface area contributed by atoms with Crippen LogP contribution in [0.2, 0.25) is 0 Å². The molecule has 0 aliphatic carbocycles. The third kappa shape index (κ3) is 3.39. The molecule has 0 spiro atoms. The Morgan fingerprint density at radius 1 is 1.38 bits per heavy atom. The van der Waals surface area contributed by atoms with E-state index < -0.39 is 0 Å². The van der Waals surface area contributed by atoms with Crippen molar-refractivity contribution in [1.82, 2.24) is 0 Å². The van der Waals surface area contributed by atoms with Crippen LogP contribution < -0.4 is 4.90 Å². The molecule has 0 atom stereocenters. The molecule has 0 N–H and O–H groups in total. The summed E-state index contributed by atoms with van der Waals surface area (Å²) in [5, 5.41) is 0. The van der Waals surface area contributed by atoms with E-state index in [-0.39, 0.29) is 0 Å². The number of hydrogen-bond donors (Lipinski definition) is 0. The van der Waals surface area contributed by atoms with Crippen molar-refractivity contribution < 1.29 is 0 Å². The molecule has 0 unspecified atom stereocenters. The highest BCUT2D eigenvalue weighted by Gasteiger charge is 2.10. The summed E-state index contributed by atoms with van der Waals surface area (Å²) >= 11 is 9.41. The Labute approximate surface area is 112 Å². The van der Waals surface area contributed by atoms with Gasteiger partial charge in [-0.05, 0) is 38.0 Å². The van der Waals surface area contributed by atoms with E-state index in [1.165, 1.54) is 5.69 Å². The summed E-state index contributed by atoms with van der Waals surface area (Å²) < 4.78 is 1.10. The summed E-state index contributed by atoms with van der Waals surface area (Å²) in [5.41, 5.74) is 2.41. The molecule has 0 aliphatic rings. The monoisotopic (exact) mass is 303 g/mol. The number of anilines is 1. The molecule has 0 fully saturated rings. The highest BCUT2D eigenvalue weighted by molar-refractivity contribution is 9.10. The van der Waals surface area contributed by atoms with E-state index in [2.05, 4.69) is 59.8 Å². The molecule has 0 amide bonds. The van der Waals surface area contributed by atoms with Gasteiger partial charge in [0.2, 0.25) is 0 Å². The fourth-order valence-corrected chi connectivity index (χ4v) is 2.65. The molecule has 0 heterocycles. The molecular weight excluding hydrogens is 286 g/mol. The normalized spacial score (nSPS) is 10.9. The smallest absolute Gasteiger partial charge is 0.0485 e. The number of halogens is 2. The second kappa shape index (κ2) is 6.51. The SMILES string of the molecule is CCCN(c1ccc(CCl)c(Br)c1)C(C)C. The summed E-state index contributed by atoms with van der Waals surface area (Å²) in [6.45, 7) is 7.74. The zero-order valence-electron chi connectivity index (χ0n) is 10.1. The van der Waals surface area contributed by atoms with E-state index in [1.54, 1.807) is 0 Å². The van der Waals surface area contributed by atoms with Crippen LogP contribution in [0.3, 0.4) is 0 Å². The Kier molecular flexibility index (Phi) is 5.63. The Morgan fingerprint density at radius 3 is 2.50 bits per heavy atom. The van der Waals surface area contributed by atoms with Crippen LogP contribution in [0.5, 0.6) is 0 Å². The highest BCUT2D eigenvalue weighted by Crippen LogP contribution is 2.26. The topological polar surface area (TPSA) is 3.24 Å². The van der Waals surface area contributed by atoms with Crippen LogP contribution >= 0.6 is 27.5 Å². The Bertz CT molecular complexity index is 339. The minimum Gasteiger partial charge on any atom is -0.369 e. The predicted molar refractivity (Wildman–Crippen MR) is 76.5 cm³/mol. The molecule has 0 radical (unpaired) electrons. The number of nitrogens with zero attached hydrogens (tertiary/aromatic N) is 1. The lowest BCUT2D eigenvalue weighted by atomic mass is 10.2. The van der Waals surface area contributed by atoms with Crippen molar-refractivity contribution in [3.8, 4) is 0 Å². The molecule has 1 aromatic carbocycles. The summed E-state index contributed by atoms with van der Waals surface area (Å²) in [6, 6.07) is 6.93. The van der Waals surface area contributed by atoms with E-state index in [1.807, 2.05) is 0 Å². The van der Waals surface area contributed by atoms with E-state index in [0.717, 1.165) is 23.0 Å². The van der Waals surface area contributed by atoms with Gasteiger partial charge < -0.3 is 4.90 Å². The first kappa shape index (κ1) is 13.9. The lowest BCUT2D eigenvalue weighted by molar-refractivity contribution is 0.671. The van der Waals surface area contributed by atoms with Gasteiger partial charge in [0.25, 0.3) is 0 Å². The van der Waals surface area contributed by atoms with Crippen LogP contribution in [0.25, 0.3) is 0 Å². The van der Waals surface area contributed by atoms with Crippen LogP contribution in [0, 0.1) is 0 Å². The Hall–Kier alpha value is -0.210. The van der Waals surface area contributed by atoms with Gasteiger partial charge in [0.15, 0.2) is 0 Å². The second-order valence-electron chi connectivity index (χ2n) is 4.20. The van der Waals surface area contributed by atoms with E-state index in [4.69, 9.17) is 11.6 Å². The molecule has 1 rings (SSSR count). The number of hydrogen-bond acceptors (Lipinski definition) is 1. The van der Waals surface area contributed by atoms with Crippen molar-refractivity contribution >= 4 is 33.2 Å². The number of benzene rings is 1. The standard InChI is InChI=1S/C13H19BrClN/c1-4-7-16(10(2)3)12-6-5-11(9-15)13(14)8-12/h5-6,8,10H,4,7,9H2,1-3H3. The van der Waals surface area contributed by atoms with Crippen LogP contribution in [-0.4, -0.2) is 12.6 Å². The van der Waals surface area contributed by atoms with Crippen molar-refractivity contribution in [2.45, 2.75) is 39.1 Å². The molecule has 90 valence electrons. The van der Waals surface area contributed by atoms with Crippen molar-refractivity contribution in [2.75, 3.05) is 11.4 Å². The molecule has 0 aliphatic heterocycles. The van der Waals surface area contributed by atoms with Gasteiger partial charge in [-0.2, -0.15) is 0 Å². The zero-order valence-corrected chi connectivity index (χ0v) is 12.5. The van der Waals surface area contributed by atoms with Gasteiger partial charge in [-0.15, -0.1) is 11.6 Å². The Balaban J connectivity index is 2.97. The van der Waals surface area contributed by atoms with Gasteiger partial charge in [0, 0.05) is 28.6 Å². The van der Waals surface area contributed by atoms with E-state index in [9.17, 15) is 0 Å². The van der Waals surface area contributed by atoms with Gasteiger partial charge in [-0.25, -0.2) is 0 Å². The highest BCUT2D eigenvalue weighted by atomic mass is 79.9. The summed E-state index contributed by atoms with van der Waals surface area (Å²) in [5.74, 6) is 0.552. The maximum atomic E-state index is 5.84.